The fraction of sp³-hybridized carbons (Fsp3) is 0.667. The molecule has 7 heteroatoms. The normalized spacial score (nSPS) is 19.2. The van der Waals surface area contributed by atoms with Crippen LogP contribution in [0.25, 0.3) is 0 Å². The van der Waals surface area contributed by atoms with E-state index in [9.17, 15) is 4.79 Å². The first kappa shape index (κ1) is 25.9. The van der Waals surface area contributed by atoms with Crippen molar-refractivity contribution in [3.05, 3.63) is 35.4 Å². The number of nitrogens with one attached hydrogen (secondary N) is 1. The number of benzene rings is 1. The molecule has 1 N–H and O–H groups in total. The van der Waals surface area contributed by atoms with Gasteiger partial charge in [-0.1, -0.05) is 43.7 Å². The van der Waals surface area contributed by atoms with E-state index in [1.165, 1.54) is 11.1 Å². The summed E-state index contributed by atoms with van der Waals surface area (Å²) < 4.78 is 0. The second kappa shape index (κ2) is 11.5. The maximum atomic E-state index is 12.7. The fourth-order valence-electron chi connectivity index (χ4n) is 4.48. The van der Waals surface area contributed by atoms with Crippen molar-refractivity contribution in [2.24, 2.45) is 4.99 Å². The second-order valence-corrected chi connectivity index (χ2v) is 9.39. The van der Waals surface area contributed by atoms with Gasteiger partial charge in [0.2, 0.25) is 5.91 Å². The molecule has 6 nitrogen and oxygen atoms in total. The minimum Gasteiger partial charge on any atom is -0.355 e. The Morgan fingerprint density at radius 3 is 2.32 bits per heavy atom. The van der Waals surface area contributed by atoms with E-state index in [2.05, 4.69) is 72.1 Å². The molecule has 1 amide bonds. The van der Waals surface area contributed by atoms with E-state index in [-0.39, 0.29) is 35.4 Å². The van der Waals surface area contributed by atoms with Crippen LogP contribution in [0, 0.1) is 6.92 Å². The topological polar surface area (TPSA) is 51.2 Å². The molecule has 0 radical (unpaired) electrons. The molecule has 174 valence electrons. The lowest BCUT2D eigenvalue weighted by atomic mass is 9.84. The van der Waals surface area contributed by atoms with Gasteiger partial charge in [-0.3, -0.25) is 14.7 Å². The third-order valence-corrected chi connectivity index (χ3v) is 6.64. The number of aryl methyl sites for hydroxylation is 1. The third kappa shape index (κ3) is 6.57. The Morgan fingerprint density at radius 1 is 1.10 bits per heavy atom. The average Bonchev–Trinajstić information content (AvgIpc) is 3.28. The van der Waals surface area contributed by atoms with E-state index in [0.29, 0.717) is 5.91 Å². The molecule has 31 heavy (non-hydrogen) atoms. The quantitative estimate of drug-likeness (QED) is 0.354. The number of nitrogens with zero attached hydrogens (tertiary/aromatic N) is 4. The largest absolute Gasteiger partial charge is 0.355 e. The molecule has 2 aliphatic rings. The van der Waals surface area contributed by atoms with Crippen LogP contribution in [-0.4, -0.2) is 85.5 Å². The highest BCUT2D eigenvalue weighted by molar-refractivity contribution is 14.0. The Morgan fingerprint density at radius 2 is 1.74 bits per heavy atom. The van der Waals surface area contributed by atoms with E-state index in [1.54, 1.807) is 0 Å². The fourth-order valence-corrected chi connectivity index (χ4v) is 4.48. The van der Waals surface area contributed by atoms with E-state index in [1.807, 2.05) is 11.9 Å². The molecule has 0 aliphatic carbocycles. The summed E-state index contributed by atoms with van der Waals surface area (Å²) >= 11 is 0. The molecule has 1 aromatic carbocycles. The summed E-state index contributed by atoms with van der Waals surface area (Å²) in [5, 5.41) is 3.59. The summed E-state index contributed by atoms with van der Waals surface area (Å²) in [6.45, 7) is 15.0. The molecule has 2 aliphatic heterocycles. The van der Waals surface area contributed by atoms with Crippen molar-refractivity contribution in [2.45, 2.75) is 52.0 Å². The van der Waals surface area contributed by atoms with Crippen LogP contribution in [0.3, 0.4) is 0 Å². The number of aliphatic imine (C=N–C) groups is 1. The zero-order valence-corrected chi connectivity index (χ0v) is 22.2. The SMILES string of the molecule is CN=C(NCC(C)(C)c1cccc(C)c1)N1CCN(C(C)C(=O)N2CCCC2)CC1.I. The summed E-state index contributed by atoms with van der Waals surface area (Å²) in [7, 11) is 1.86. The van der Waals surface area contributed by atoms with Crippen molar-refractivity contribution in [1.29, 1.82) is 0 Å². The van der Waals surface area contributed by atoms with Crippen LogP contribution >= 0.6 is 24.0 Å². The standard InChI is InChI=1S/C24H39N5O.HI/c1-19-9-8-10-21(17-19)24(3,4)18-26-23(25-5)29-15-13-27(14-16-29)20(2)22(30)28-11-6-7-12-28;/h8-10,17,20H,6-7,11-16,18H2,1-5H3,(H,25,26);1H. The Labute approximate surface area is 205 Å². The first-order valence-electron chi connectivity index (χ1n) is 11.4. The lowest BCUT2D eigenvalue weighted by Gasteiger charge is -2.40. The highest BCUT2D eigenvalue weighted by atomic mass is 127. The van der Waals surface area contributed by atoms with Gasteiger partial charge in [0.15, 0.2) is 5.96 Å². The predicted octanol–water partition coefficient (Wildman–Crippen LogP) is 3.09. The molecular weight excluding hydrogens is 501 g/mol. The number of hydrogen-bond acceptors (Lipinski definition) is 3. The summed E-state index contributed by atoms with van der Waals surface area (Å²) in [5.41, 5.74) is 2.64. The van der Waals surface area contributed by atoms with Gasteiger partial charge in [-0.2, -0.15) is 0 Å². The van der Waals surface area contributed by atoms with E-state index in [0.717, 1.165) is 64.6 Å². The van der Waals surface area contributed by atoms with Gasteiger partial charge in [0.1, 0.15) is 0 Å². The zero-order chi connectivity index (χ0) is 21.7. The molecule has 2 fully saturated rings. The number of carbonyl (C=O) groups is 1. The van der Waals surface area contributed by atoms with Gasteiger partial charge in [-0.05, 0) is 32.3 Å². The smallest absolute Gasteiger partial charge is 0.239 e. The third-order valence-electron chi connectivity index (χ3n) is 6.64. The second-order valence-electron chi connectivity index (χ2n) is 9.39. The summed E-state index contributed by atoms with van der Waals surface area (Å²) in [6.07, 6.45) is 2.29. The molecule has 0 saturated carbocycles. The lowest BCUT2D eigenvalue weighted by molar-refractivity contribution is -0.135. The van der Waals surface area contributed by atoms with E-state index in [4.69, 9.17) is 0 Å². The molecule has 3 rings (SSSR count). The molecule has 1 aromatic rings. The minimum atomic E-state index is -0.0273. The number of rotatable bonds is 5. The van der Waals surface area contributed by atoms with Gasteiger partial charge >= 0.3 is 0 Å². The molecule has 2 heterocycles. The number of amides is 1. The first-order chi connectivity index (χ1) is 14.3. The van der Waals surface area contributed by atoms with E-state index >= 15 is 0 Å². The van der Waals surface area contributed by atoms with Gasteiger partial charge in [0.25, 0.3) is 0 Å². The van der Waals surface area contributed by atoms with Crippen molar-refractivity contribution in [1.82, 2.24) is 20.0 Å². The van der Waals surface area contributed by atoms with Gasteiger partial charge in [-0.25, -0.2) is 0 Å². The molecule has 0 aromatic heterocycles. The maximum Gasteiger partial charge on any atom is 0.239 e. The van der Waals surface area contributed by atoms with Crippen molar-refractivity contribution >= 4 is 35.8 Å². The van der Waals surface area contributed by atoms with Gasteiger partial charge in [0.05, 0.1) is 6.04 Å². The number of guanidine groups is 1. The van der Waals surface area contributed by atoms with Crippen LogP contribution in [0.5, 0.6) is 0 Å². The minimum absolute atomic E-state index is 0. The number of hydrogen-bond donors (Lipinski definition) is 1. The Bertz CT molecular complexity index is 752. The van der Waals surface area contributed by atoms with Crippen LogP contribution in [0.1, 0.15) is 44.7 Å². The zero-order valence-electron chi connectivity index (χ0n) is 19.9. The number of carbonyl (C=O) groups excluding carboxylic acids is 1. The average molecular weight is 542 g/mol. The Hall–Kier alpha value is -1.35. The molecular formula is C24H40IN5O. The number of piperazine rings is 1. The lowest BCUT2D eigenvalue weighted by Crippen LogP contribution is -2.57. The van der Waals surface area contributed by atoms with Crippen molar-refractivity contribution in [3.8, 4) is 0 Å². The molecule has 1 atom stereocenters. The van der Waals surface area contributed by atoms with Crippen molar-refractivity contribution in [3.63, 3.8) is 0 Å². The first-order valence-corrected chi connectivity index (χ1v) is 11.4. The monoisotopic (exact) mass is 541 g/mol. The summed E-state index contributed by atoms with van der Waals surface area (Å²) in [4.78, 5) is 23.9. The highest BCUT2D eigenvalue weighted by Gasteiger charge is 2.31. The van der Waals surface area contributed by atoms with Gasteiger partial charge < -0.3 is 15.1 Å². The highest BCUT2D eigenvalue weighted by Crippen LogP contribution is 2.23. The number of halogens is 1. The molecule has 2 saturated heterocycles. The van der Waals surface area contributed by atoms with Crippen LogP contribution in [0.15, 0.2) is 29.3 Å². The summed E-state index contributed by atoms with van der Waals surface area (Å²) in [6, 6.07) is 8.71. The van der Waals surface area contributed by atoms with Gasteiger partial charge in [0, 0.05) is 58.3 Å². The predicted molar refractivity (Wildman–Crippen MR) is 139 cm³/mol. The molecule has 0 spiro atoms. The van der Waals surface area contributed by atoms with Crippen molar-refractivity contribution < 1.29 is 4.79 Å². The Kier molecular flexibility index (Phi) is 9.61. The number of likely N-dealkylation sites (tertiary alicyclic amines) is 1. The van der Waals surface area contributed by atoms with Crippen molar-refractivity contribution in [2.75, 3.05) is 52.9 Å². The van der Waals surface area contributed by atoms with Crippen LogP contribution < -0.4 is 5.32 Å². The molecule has 1 unspecified atom stereocenters. The Balaban J connectivity index is 0.00000341. The molecule has 0 bridgehead atoms. The summed E-state index contributed by atoms with van der Waals surface area (Å²) in [5.74, 6) is 1.25. The maximum absolute atomic E-state index is 12.7. The van der Waals surface area contributed by atoms with Crippen LogP contribution in [0.2, 0.25) is 0 Å². The van der Waals surface area contributed by atoms with Crippen LogP contribution in [-0.2, 0) is 10.2 Å². The van der Waals surface area contributed by atoms with Gasteiger partial charge in [-0.15, -0.1) is 24.0 Å². The van der Waals surface area contributed by atoms with Crippen LogP contribution in [0.4, 0.5) is 0 Å². The van der Waals surface area contributed by atoms with E-state index < -0.39 is 0 Å².